The van der Waals surface area contributed by atoms with Crippen LogP contribution in [0.2, 0.25) is 0 Å². The van der Waals surface area contributed by atoms with Crippen molar-refractivity contribution in [2.45, 2.75) is 65.7 Å². The van der Waals surface area contributed by atoms with Crippen molar-refractivity contribution in [2.75, 3.05) is 31.1 Å². The Morgan fingerprint density at radius 1 is 0.892 bits per heavy atom. The maximum atomic E-state index is 13.0. The van der Waals surface area contributed by atoms with E-state index >= 15 is 0 Å². The molecule has 1 aromatic carbocycles. The molecule has 0 aliphatic heterocycles. The third-order valence-corrected chi connectivity index (χ3v) is 8.05. The van der Waals surface area contributed by atoms with Crippen molar-refractivity contribution in [1.82, 2.24) is 4.90 Å². The van der Waals surface area contributed by atoms with E-state index in [1.165, 1.54) is 44.6 Å². The molecule has 3 aliphatic carbocycles. The van der Waals surface area contributed by atoms with Gasteiger partial charge < -0.3 is 20.0 Å². The zero-order valence-corrected chi connectivity index (χ0v) is 22.4. The number of aromatic hydroxyl groups is 1. The highest BCUT2D eigenvalue weighted by molar-refractivity contribution is 6.41. The second-order valence-corrected chi connectivity index (χ2v) is 10.2. The molecule has 3 aliphatic rings. The van der Waals surface area contributed by atoms with Crippen molar-refractivity contribution in [3.05, 3.63) is 64.6 Å². The van der Waals surface area contributed by atoms with Gasteiger partial charge in [-0.15, -0.1) is 0 Å². The van der Waals surface area contributed by atoms with Crippen molar-refractivity contribution in [3.8, 4) is 5.75 Å². The molecule has 1 saturated carbocycles. The number of likely N-dealkylation sites (N-methyl/N-ethyl adjacent to an activating group) is 1. The van der Waals surface area contributed by atoms with Crippen molar-refractivity contribution in [3.63, 3.8) is 0 Å². The number of carbonyl (C=O) groups excluding carboxylic acids is 2. The Balaban J connectivity index is 1.47. The number of phenolic OH excluding ortho intramolecular Hbond substituents is 1. The Bertz CT molecular complexity index is 1160. The van der Waals surface area contributed by atoms with E-state index in [4.69, 9.17) is 0 Å². The summed E-state index contributed by atoms with van der Waals surface area (Å²) in [4.78, 5) is 30.1. The Labute approximate surface area is 220 Å². The van der Waals surface area contributed by atoms with Crippen LogP contribution < -0.4 is 4.90 Å². The standard InChI is InChI=1S/C31H40N2O4/c1-4-32(5-2)22-14-16-24(26(34)19-22)28-30(36)29(31(28)37)25-17-15-23(20-27(25)35)33(6-3)18-10-9-13-21-11-7-8-12-21/h14-17,19-21,35-36H,4-13,18H2,1-3H3/b28-24+. The lowest BCUT2D eigenvalue weighted by atomic mass is 9.79. The number of phenols is 1. The Hall–Kier alpha value is -3.28. The second-order valence-electron chi connectivity index (χ2n) is 10.2. The van der Waals surface area contributed by atoms with E-state index in [1.807, 2.05) is 24.8 Å². The van der Waals surface area contributed by atoms with E-state index < -0.39 is 5.78 Å². The molecule has 6 heteroatoms. The molecule has 1 fully saturated rings. The first-order valence-corrected chi connectivity index (χ1v) is 13.9. The predicted molar refractivity (Wildman–Crippen MR) is 149 cm³/mol. The zero-order valence-electron chi connectivity index (χ0n) is 22.4. The number of benzene rings is 1. The lowest BCUT2D eigenvalue weighted by Gasteiger charge is -2.27. The van der Waals surface area contributed by atoms with Crippen LogP contribution >= 0.6 is 0 Å². The fraction of sp³-hybridized carbons (Fsp3) is 0.484. The van der Waals surface area contributed by atoms with Crippen molar-refractivity contribution < 1.29 is 19.8 Å². The number of hydrogen-bond acceptors (Lipinski definition) is 6. The van der Waals surface area contributed by atoms with Gasteiger partial charge in [-0.25, -0.2) is 0 Å². The number of ketones is 2. The van der Waals surface area contributed by atoms with Crippen LogP contribution in [0, 0.1) is 5.92 Å². The van der Waals surface area contributed by atoms with E-state index in [9.17, 15) is 19.8 Å². The second kappa shape index (κ2) is 11.8. The smallest absolute Gasteiger partial charge is 0.202 e. The van der Waals surface area contributed by atoms with Crippen LogP contribution in [0.4, 0.5) is 5.69 Å². The number of aliphatic hydroxyl groups excluding tert-OH is 1. The minimum atomic E-state index is -0.424. The molecule has 0 amide bonds. The number of anilines is 1. The highest BCUT2D eigenvalue weighted by Crippen LogP contribution is 2.43. The molecule has 0 spiro atoms. The van der Waals surface area contributed by atoms with Crippen molar-refractivity contribution in [2.24, 2.45) is 5.92 Å². The highest BCUT2D eigenvalue weighted by Gasteiger charge is 2.39. The molecule has 4 rings (SSSR count). The fourth-order valence-corrected chi connectivity index (χ4v) is 5.84. The zero-order chi connectivity index (χ0) is 26.5. The number of aliphatic hydroxyl groups is 1. The van der Waals surface area contributed by atoms with Crippen LogP contribution in [-0.2, 0) is 9.59 Å². The minimum Gasteiger partial charge on any atom is -0.507 e. The highest BCUT2D eigenvalue weighted by atomic mass is 16.3. The van der Waals surface area contributed by atoms with Crippen LogP contribution in [0.5, 0.6) is 5.75 Å². The summed E-state index contributed by atoms with van der Waals surface area (Å²) in [5.74, 6) is -0.105. The van der Waals surface area contributed by atoms with E-state index in [2.05, 4.69) is 11.8 Å². The van der Waals surface area contributed by atoms with Crippen molar-refractivity contribution in [1.29, 1.82) is 0 Å². The first-order chi connectivity index (χ1) is 17.9. The van der Waals surface area contributed by atoms with Gasteiger partial charge in [0.1, 0.15) is 11.5 Å². The molecule has 1 aromatic rings. The summed E-state index contributed by atoms with van der Waals surface area (Å²) < 4.78 is 0. The first-order valence-electron chi connectivity index (χ1n) is 13.9. The van der Waals surface area contributed by atoms with E-state index in [0.717, 1.165) is 49.9 Å². The number of Topliss-reactive ketones (excluding diaryl/α,β-unsaturated/α-hetero) is 1. The van der Waals surface area contributed by atoms with Gasteiger partial charge >= 0.3 is 0 Å². The van der Waals surface area contributed by atoms with Crippen LogP contribution in [0.3, 0.4) is 0 Å². The molecule has 37 heavy (non-hydrogen) atoms. The molecule has 6 nitrogen and oxygen atoms in total. The average molecular weight is 505 g/mol. The fourth-order valence-electron chi connectivity index (χ4n) is 5.84. The molecule has 0 aromatic heterocycles. The number of nitrogens with zero attached hydrogens (tertiary/aromatic N) is 2. The molecule has 2 N–H and O–H groups in total. The van der Waals surface area contributed by atoms with Gasteiger partial charge in [-0.3, -0.25) is 9.59 Å². The van der Waals surface area contributed by atoms with Gasteiger partial charge in [-0.05, 0) is 57.4 Å². The summed E-state index contributed by atoms with van der Waals surface area (Å²) in [5.41, 5.74) is 2.25. The molecule has 0 unspecified atom stereocenters. The SMILES string of the molecule is CCN(CC)C1=CC(=O)/C(=C2/C(=O)C(c3ccc(N(CC)CCCCC4CCCC4)cc3O)=C2O)C=C1. The molecule has 0 bridgehead atoms. The summed E-state index contributed by atoms with van der Waals surface area (Å²) in [5, 5.41) is 21.6. The van der Waals surface area contributed by atoms with E-state index in [1.54, 1.807) is 24.3 Å². The lowest BCUT2D eigenvalue weighted by molar-refractivity contribution is -0.114. The maximum Gasteiger partial charge on any atom is 0.202 e. The average Bonchev–Trinajstić information content (AvgIpc) is 3.41. The molecular formula is C31H40N2O4. The number of carbonyl (C=O) groups is 2. The first kappa shape index (κ1) is 26.8. The summed E-state index contributed by atoms with van der Waals surface area (Å²) >= 11 is 0. The molecule has 0 heterocycles. The minimum absolute atomic E-state index is 0.0204. The summed E-state index contributed by atoms with van der Waals surface area (Å²) in [6.45, 7) is 9.41. The van der Waals surface area contributed by atoms with Crippen LogP contribution in [-0.4, -0.2) is 52.9 Å². The molecular weight excluding hydrogens is 464 g/mol. The third-order valence-electron chi connectivity index (χ3n) is 8.05. The molecule has 0 atom stereocenters. The molecule has 0 radical (unpaired) electrons. The largest absolute Gasteiger partial charge is 0.507 e. The number of hydrogen-bond donors (Lipinski definition) is 2. The summed E-state index contributed by atoms with van der Waals surface area (Å²) in [6.07, 6.45) is 14.1. The van der Waals surface area contributed by atoms with Crippen molar-refractivity contribution >= 4 is 22.8 Å². The number of allylic oxidation sites excluding steroid dienone is 6. The lowest BCUT2D eigenvalue weighted by Crippen LogP contribution is -2.27. The number of unbranched alkanes of at least 4 members (excludes halogenated alkanes) is 1. The topological polar surface area (TPSA) is 81.1 Å². The quantitative estimate of drug-likeness (QED) is 0.280. The van der Waals surface area contributed by atoms with E-state index in [0.29, 0.717) is 5.56 Å². The summed E-state index contributed by atoms with van der Waals surface area (Å²) in [7, 11) is 0. The Kier molecular flexibility index (Phi) is 8.57. The Morgan fingerprint density at radius 3 is 2.19 bits per heavy atom. The van der Waals surface area contributed by atoms with Gasteiger partial charge in [0.25, 0.3) is 0 Å². The van der Waals surface area contributed by atoms with Gasteiger partial charge in [-0.1, -0.05) is 38.5 Å². The van der Waals surface area contributed by atoms with Gasteiger partial charge in [0.15, 0.2) is 5.78 Å². The maximum absolute atomic E-state index is 13.0. The van der Waals surface area contributed by atoms with Crippen LogP contribution in [0.15, 0.2) is 59.0 Å². The van der Waals surface area contributed by atoms with E-state index in [-0.39, 0.29) is 34.0 Å². The predicted octanol–water partition coefficient (Wildman–Crippen LogP) is 6.09. The Morgan fingerprint density at radius 2 is 1.59 bits per heavy atom. The number of rotatable bonds is 11. The third kappa shape index (κ3) is 5.53. The normalized spacial score (nSPS) is 19.9. The summed E-state index contributed by atoms with van der Waals surface area (Å²) in [6, 6.07) is 5.24. The van der Waals surface area contributed by atoms with Gasteiger partial charge in [-0.2, -0.15) is 0 Å². The molecule has 0 saturated heterocycles. The van der Waals surface area contributed by atoms with Gasteiger partial charge in [0.05, 0.1) is 11.1 Å². The van der Waals surface area contributed by atoms with Gasteiger partial charge in [0.2, 0.25) is 5.78 Å². The monoisotopic (exact) mass is 504 g/mol. The van der Waals surface area contributed by atoms with Crippen LogP contribution in [0.1, 0.15) is 71.3 Å². The molecule has 198 valence electrons. The van der Waals surface area contributed by atoms with Crippen LogP contribution in [0.25, 0.3) is 5.57 Å². The van der Waals surface area contributed by atoms with Gasteiger partial charge in [0, 0.05) is 60.8 Å².